The minimum absolute atomic E-state index is 0.0317. The number of anilines is 1. The number of hydrogen-bond acceptors (Lipinski definition) is 5. The van der Waals surface area contributed by atoms with E-state index in [-0.39, 0.29) is 16.7 Å². The Morgan fingerprint density at radius 2 is 1.90 bits per heavy atom. The van der Waals surface area contributed by atoms with Crippen LogP contribution in [-0.4, -0.2) is 25.0 Å². The summed E-state index contributed by atoms with van der Waals surface area (Å²) in [6.45, 7) is 0. The first-order valence-electron chi connectivity index (χ1n) is 7.89. The highest BCUT2D eigenvalue weighted by molar-refractivity contribution is 7.14. The predicted octanol–water partition coefficient (Wildman–Crippen LogP) is 5.45. The molecule has 1 N–H and O–H groups in total. The molecule has 0 atom stereocenters. The van der Waals surface area contributed by atoms with Crippen molar-refractivity contribution in [3.63, 3.8) is 0 Å². The van der Waals surface area contributed by atoms with E-state index in [1.165, 1.54) is 18.3 Å². The number of aromatic nitrogens is 4. The highest BCUT2D eigenvalue weighted by Gasteiger charge is 2.36. The first-order valence-corrected chi connectivity index (χ1v) is 9.42. The fraction of sp³-hybridized carbons (Fsp3) is 0.0588. The number of carbonyl (C=O) groups is 1. The van der Waals surface area contributed by atoms with Crippen LogP contribution in [0.15, 0.2) is 42.6 Å². The molecule has 3 heterocycles. The second-order valence-corrected chi connectivity index (χ2v) is 7.32. The van der Waals surface area contributed by atoms with Gasteiger partial charge in [-0.2, -0.15) is 22.6 Å². The van der Waals surface area contributed by atoms with Gasteiger partial charge in [0.15, 0.2) is 17.3 Å². The van der Waals surface area contributed by atoms with Crippen molar-refractivity contribution in [3.8, 4) is 5.82 Å². The average molecular weight is 458 g/mol. The Kier molecular flexibility index (Phi) is 4.93. The number of pyridine rings is 1. The van der Waals surface area contributed by atoms with Crippen molar-refractivity contribution in [1.29, 1.82) is 0 Å². The van der Waals surface area contributed by atoms with Gasteiger partial charge in [-0.25, -0.2) is 9.67 Å². The van der Waals surface area contributed by atoms with Crippen molar-refractivity contribution < 1.29 is 18.0 Å². The molecule has 3 aromatic heterocycles. The molecule has 29 heavy (non-hydrogen) atoms. The molecule has 1 aromatic carbocycles. The smallest absolute Gasteiger partial charge is 0.304 e. The van der Waals surface area contributed by atoms with Gasteiger partial charge in [-0.1, -0.05) is 29.3 Å². The van der Waals surface area contributed by atoms with E-state index >= 15 is 0 Å². The van der Waals surface area contributed by atoms with Crippen LogP contribution in [0.25, 0.3) is 15.9 Å². The van der Waals surface area contributed by atoms with Crippen LogP contribution in [0.3, 0.4) is 0 Å². The molecule has 0 spiro atoms. The number of amides is 1. The molecule has 0 aliphatic carbocycles. The van der Waals surface area contributed by atoms with E-state index in [0.29, 0.717) is 21.2 Å². The van der Waals surface area contributed by atoms with Crippen molar-refractivity contribution in [2.75, 3.05) is 5.32 Å². The Bertz CT molecular complexity index is 1240. The molecule has 0 unspecified atom stereocenters. The van der Waals surface area contributed by atoms with Gasteiger partial charge in [-0.15, -0.1) is 0 Å². The van der Waals surface area contributed by atoms with Gasteiger partial charge in [-0.05, 0) is 35.8 Å². The second-order valence-electron chi connectivity index (χ2n) is 5.74. The highest BCUT2D eigenvalue weighted by atomic mass is 35.5. The largest absolute Gasteiger partial charge is 0.435 e. The minimum Gasteiger partial charge on any atom is -0.304 e. The molecule has 12 heteroatoms. The Labute approximate surface area is 175 Å². The molecule has 148 valence electrons. The molecular formula is C17H8Cl2F3N5OS. The molecule has 0 saturated carbocycles. The van der Waals surface area contributed by atoms with E-state index in [4.69, 9.17) is 23.2 Å². The number of nitrogens with zero attached hydrogens (tertiary/aromatic N) is 4. The van der Waals surface area contributed by atoms with Crippen molar-refractivity contribution in [3.05, 3.63) is 64.0 Å². The van der Waals surface area contributed by atoms with Crippen molar-refractivity contribution >= 4 is 56.5 Å². The summed E-state index contributed by atoms with van der Waals surface area (Å²) in [5, 5.41) is 7.03. The quantitative estimate of drug-likeness (QED) is 0.443. The van der Waals surface area contributed by atoms with Gasteiger partial charge < -0.3 is 5.32 Å². The zero-order chi connectivity index (χ0) is 20.8. The van der Waals surface area contributed by atoms with Crippen LogP contribution in [0.4, 0.5) is 19.0 Å². The lowest BCUT2D eigenvalue weighted by atomic mass is 10.2. The summed E-state index contributed by atoms with van der Waals surface area (Å²) < 4.78 is 45.1. The van der Waals surface area contributed by atoms with Gasteiger partial charge in [0.25, 0.3) is 5.91 Å². The first kappa shape index (κ1) is 19.6. The topological polar surface area (TPSA) is 72.7 Å². The summed E-state index contributed by atoms with van der Waals surface area (Å²) in [4.78, 5) is 16.7. The standard InChI is InChI=1S/C17H8Cl2F3N5OS/c18-9-4-1-3-8-13(9)29-26-14(8)24-16(28)11-7-12(17(20,21)22)25-27(11)15-10(19)5-2-6-23-15/h1-7H,(H,24,26,28). The number of alkyl halides is 3. The maximum Gasteiger partial charge on any atom is 0.435 e. The summed E-state index contributed by atoms with van der Waals surface area (Å²) in [5.74, 6) is -0.797. The van der Waals surface area contributed by atoms with Crippen molar-refractivity contribution in [2.24, 2.45) is 0 Å². The third kappa shape index (κ3) is 3.66. The first-order chi connectivity index (χ1) is 13.8. The highest BCUT2D eigenvalue weighted by Crippen LogP contribution is 2.34. The van der Waals surface area contributed by atoms with E-state index in [1.807, 2.05) is 0 Å². The van der Waals surface area contributed by atoms with Gasteiger partial charge in [0, 0.05) is 17.6 Å². The van der Waals surface area contributed by atoms with Gasteiger partial charge in [0.05, 0.1) is 14.7 Å². The number of hydrogen-bond donors (Lipinski definition) is 1. The third-order valence-electron chi connectivity index (χ3n) is 3.85. The number of rotatable bonds is 3. The van der Waals surface area contributed by atoms with Gasteiger partial charge in [0.2, 0.25) is 0 Å². The normalized spacial score (nSPS) is 11.8. The maximum absolute atomic E-state index is 13.2. The SMILES string of the molecule is O=C(Nc1nsc2c(Cl)cccc12)c1cc(C(F)(F)F)nn1-c1ncccc1Cl. The van der Waals surface area contributed by atoms with E-state index < -0.39 is 23.5 Å². The van der Waals surface area contributed by atoms with Crippen molar-refractivity contribution in [2.45, 2.75) is 6.18 Å². The predicted molar refractivity (Wildman–Crippen MR) is 104 cm³/mol. The number of halogens is 5. The fourth-order valence-corrected chi connectivity index (χ4v) is 3.79. The van der Waals surface area contributed by atoms with Crippen LogP contribution in [0.1, 0.15) is 16.2 Å². The molecule has 0 aliphatic heterocycles. The zero-order valence-corrected chi connectivity index (χ0v) is 16.4. The molecule has 6 nitrogen and oxygen atoms in total. The van der Waals surface area contributed by atoms with E-state index in [9.17, 15) is 18.0 Å². The number of nitrogens with one attached hydrogen (secondary N) is 1. The Balaban J connectivity index is 1.79. The number of carbonyl (C=O) groups excluding carboxylic acids is 1. The molecule has 0 bridgehead atoms. The van der Waals surface area contributed by atoms with Crippen LogP contribution in [0, 0.1) is 0 Å². The van der Waals surface area contributed by atoms with Crippen LogP contribution in [0.2, 0.25) is 10.0 Å². The monoisotopic (exact) mass is 457 g/mol. The zero-order valence-electron chi connectivity index (χ0n) is 14.0. The van der Waals surface area contributed by atoms with Gasteiger partial charge in [-0.3, -0.25) is 4.79 Å². The Morgan fingerprint density at radius 3 is 2.62 bits per heavy atom. The second kappa shape index (κ2) is 7.29. The lowest BCUT2D eigenvalue weighted by molar-refractivity contribution is -0.141. The molecule has 0 aliphatic rings. The maximum atomic E-state index is 13.2. The summed E-state index contributed by atoms with van der Waals surface area (Å²) in [7, 11) is 0. The number of fused-ring (bicyclic) bond motifs is 1. The van der Waals surface area contributed by atoms with Crippen molar-refractivity contribution in [1.82, 2.24) is 19.1 Å². The van der Waals surface area contributed by atoms with Crippen LogP contribution >= 0.6 is 34.7 Å². The van der Waals surface area contributed by atoms with Crippen LogP contribution in [-0.2, 0) is 6.18 Å². The minimum atomic E-state index is -4.76. The summed E-state index contributed by atoms with van der Waals surface area (Å²) in [6, 6.07) is 8.59. The fourth-order valence-electron chi connectivity index (χ4n) is 2.57. The molecule has 4 aromatic rings. The molecular weight excluding hydrogens is 450 g/mol. The van der Waals surface area contributed by atoms with Crippen LogP contribution in [0.5, 0.6) is 0 Å². The summed E-state index contributed by atoms with van der Waals surface area (Å²) in [5.41, 5.74) is -1.66. The third-order valence-corrected chi connectivity index (χ3v) is 5.47. The molecule has 0 fully saturated rings. The molecule has 4 rings (SSSR count). The van der Waals surface area contributed by atoms with Gasteiger partial charge >= 0.3 is 6.18 Å². The Hall–Kier alpha value is -2.69. The lowest BCUT2D eigenvalue weighted by Gasteiger charge is -2.08. The summed E-state index contributed by atoms with van der Waals surface area (Å²) in [6.07, 6.45) is -3.43. The molecule has 0 saturated heterocycles. The average Bonchev–Trinajstić information content (AvgIpc) is 3.28. The van der Waals surface area contributed by atoms with Gasteiger partial charge in [0.1, 0.15) is 5.69 Å². The summed E-state index contributed by atoms with van der Waals surface area (Å²) >= 11 is 13.2. The lowest BCUT2D eigenvalue weighted by Crippen LogP contribution is -2.18. The van der Waals surface area contributed by atoms with E-state index in [2.05, 4.69) is 19.8 Å². The number of benzene rings is 1. The molecule has 0 radical (unpaired) electrons. The van der Waals surface area contributed by atoms with E-state index in [0.717, 1.165) is 16.2 Å². The van der Waals surface area contributed by atoms with E-state index in [1.54, 1.807) is 18.2 Å². The van der Waals surface area contributed by atoms with Crippen LogP contribution < -0.4 is 5.32 Å². The Morgan fingerprint density at radius 1 is 1.14 bits per heavy atom. The molecule has 1 amide bonds.